The van der Waals surface area contributed by atoms with Gasteiger partial charge in [-0.05, 0) is 12.3 Å². The molecule has 1 fully saturated rings. The quantitative estimate of drug-likeness (QED) is 0.771. The Morgan fingerprint density at radius 3 is 2.58 bits per heavy atom. The van der Waals surface area contributed by atoms with Crippen LogP contribution in [0.2, 0.25) is 0 Å². The zero-order valence-corrected chi connectivity index (χ0v) is 14.3. The van der Waals surface area contributed by atoms with E-state index in [-0.39, 0.29) is 21.9 Å². The van der Waals surface area contributed by atoms with Crippen molar-refractivity contribution in [2.24, 2.45) is 13.0 Å². The lowest BCUT2D eigenvalue weighted by Crippen LogP contribution is -2.18. The summed E-state index contributed by atoms with van der Waals surface area (Å²) in [7, 11) is -0.941. The Hall–Kier alpha value is -0.360. The van der Waals surface area contributed by atoms with Gasteiger partial charge >= 0.3 is 0 Å². The summed E-state index contributed by atoms with van der Waals surface area (Å²) in [6, 6.07) is 0. The van der Waals surface area contributed by atoms with Gasteiger partial charge in [-0.1, -0.05) is 36.7 Å². The molecule has 1 saturated heterocycles. The number of aryl methyl sites for hydroxylation is 1. The lowest BCUT2D eigenvalue weighted by atomic mass is 9.86. The van der Waals surface area contributed by atoms with Gasteiger partial charge in [0.1, 0.15) is 0 Å². The van der Waals surface area contributed by atoms with Crippen molar-refractivity contribution in [3.8, 4) is 0 Å². The molecule has 0 aromatic carbocycles. The number of alkyl halides is 1. The maximum Gasteiger partial charge on any atom is 0.150 e. The van der Waals surface area contributed by atoms with E-state index in [1.165, 1.54) is 0 Å². The predicted molar refractivity (Wildman–Crippen MR) is 80.3 cm³/mol. The van der Waals surface area contributed by atoms with Gasteiger partial charge < -0.3 is 0 Å². The van der Waals surface area contributed by atoms with Crippen molar-refractivity contribution >= 4 is 25.8 Å². The van der Waals surface area contributed by atoms with Gasteiger partial charge in [-0.2, -0.15) is 5.10 Å². The van der Waals surface area contributed by atoms with E-state index >= 15 is 0 Å². The second-order valence-corrected chi connectivity index (χ2v) is 9.64. The average molecular weight is 349 g/mol. The summed E-state index contributed by atoms with van der Waals surface area (Å²) in [6.07, 6.45) is 2.74. The topological polar surface area (TPSA) is 52.0 Å². The van der Waals surface area contributed by atoms with Crippen molar-refractivity contribution in [1.82, 2.24) is 9.78 Å². The third kappa shape index (κ3) is 3.21. The largest absolute Gasteiger partial charge is 0.275 e. The van der Waals surface area contributed by atoms with E-state index in [4.69, 9.17) is 0 Å². The summed E-state index contributed by atoms with van der Waals surface area (Å²) in [5.41, 5.74) is 2.12. The molecule has 0 bridgehead atoms. The number of rotatable bonds is 2. The highest BCUT2D eigenvalue weighted by Crippen LogP contribution is 2.41. The summed E-state index contributed by atoms with van der Waals surface area (Å²) in [5.74, 6) is 0.738. The molecule has 0 saturated carbocycles. The highest BCUT2D eigenvalue weighted by Gasteiger charge is 2.36. The molecule has 0 N–H and O–H groups in total. The standard InChI is InChI=1S/C13H21BrN2O2S/c1-13(2,3)12-10(7-16(4)15-12)11(14)9-5-6-19(17,18)8-9/h7,9,11H,5-6,8H2,1-4H3. The molecule has 19 heavy (non-hydrogen) atoms. The summed E-state index contributed by atoms with van der Waals surface area (Å²) >= 11 is 3.70. The van der Waals surface area contributed by atoms with Gasteiger partial charge in [0.05, 0.1) is 17.2 Å². The van der Waals surface area contributed by atoms with Gasteiger partial charge in [0.25, 0.3) is 0 Å². The van der Waals surface area contributed by atoms with Crippen LogP contribution in [0.4, 0.5) is 0 Å². The lowest BCUT2D eigenvalue weighted by molar-refractivity contribution is 0.532. The zero-order chi connectivity index (χ0) is 14.4. The Morgan fingerprint density at radius 1 is 1.47 bits per heavy atom. The van der Waals surface area contributed by atoms with Crippen molar-refractivity contribution in [3.63, 3.8) is 0 Å². The van der Waals surface area contributed by atoms with E-state index in [0.29, 0.717) is 5.75 Å². The van der Waals surface area contributed by atoms with Crippen LogP contribution in [0.5, 0.6) is 0 Å². The van der Waals surface area contributed by atoms with Crippen LogP contribution >= 0.6 is 15.9 Å². The first-order valence-corrected chi connectivity index (χ1v) is 9.22. The molecule has 4 nitrogen and oxygen atoms in total. The van der Waals surface area contributed by atoms with Crippen molar-refractivity contribution in [1.29, 1.82) is 0 Å². The first kappa shape index (κ1) is 15.0. The van der Waals surface area contributed by atoms with E-state index in [1.54, 1.807) is 0 Å². The molecule has 1 aliphatic rings. The first-order valence-electron chi connectivity index (χ1n) is 6.49. The minimum atomic E-state index is -2.85. The molecule has 2 atom stereocenters. The molecule has 1 aliphatic heterocycles. The van der Waals surface area contributed by atoms with Crippen LogP contribution in [-0.4, -0.2) is 29.7 Å². The van der Waals surface area contributed by atoms with Crippen LogP contribution in [0.1, 0.15) is 43.3 Å². The SMILES string of the molecule is Cn1cc(C(Br)C2CCS(=O)(=O)C2)c(C(C)(C)C)n1. The van der Waals surface area contributed by atoms with Gasteiger partial charge in [-0.3, -0.25) is 4.68 Å². The number of hydrogen-bond donors (Lipinski definition) is 0. The van der Waals surface area contributed by atoms with Gasteiger partial charge in [0.2, 0.25) is 0 Å². The molecule has 0 spiro atoms. The lowest BCUT2D eigenvalue weighted by Gasteiger charge is -2.22. The molecule has 1 aromatic heterocycles. The molecule has 2 unspecified atom stereocenters. The smallest absolute Gasteiger partial charge is 0.150 e. The monoisotopic (exact) mass is 348 g/mol. The Morgan fingerprint density at radius 2 is 2.11 bits per heavy atom. The molecular weight excluding hydrogens is 328 g/mol. The minimum Gasteiger partial charge on any atom is -0.275 e. The van der Waals surface area contributed by atoms with E-state index < -0.39 is 9.84 Å². The highest BCUT2D eigenvalue weighted by atomic mass is 79.9. The predicted octanol–water partition coefficient (Wildman–Crippen LogP) is 2.59. The molecule has 0 aliphatic carbocycles. The van der Waals surface area contributed by atoms with Crippen LogP contribution in [0.15, 0.2) is 6.20 Å². The van der Waals surface area contributed by atoms with E-state index in [2.05, 4.69) is 41.8 Å². The Bertz CT molecular complexity index is 572. The number of hydrogen-bond acceptors (Lipinski definition) is 3. The Kier molecular flexibility index (Phi) is 3.86. The zero-order valence-electron chi connectivity index (χ0n) is 11.9. The van der Waals surface area contributed by atoms with Crippen LogP contribution in [0, 0.1) is 5.92 Å². The van der Waals surface area contributed by atoms with Crippen LogP contribution < -0.4 is 0 Å². The fourth-order valence-electron chi connectivity index (χ4n) is 2.60. The van der Waals surface area contributed by atoms with Gasteiger partial charge in [-0.25, -0.2) is 8.42 Å². The molecule has 0 amide bonds. The van der Waals surface area contributed by atoms with E-state index in [1.807, 2.05) is 17.9 Å². The maximum atomic E-state index is 11.6. The van der Waals surface area contributed by atoms with Crippen LogP contribution in [0.25, 0.3) is 0 Å². The van der Waals surface area contributed by atoms with E-state index in [9.17, 15) is 8.42 Å². The minimum absolute atomic E-state index is 0.0416. The molecule has 0 radical (unpaired) electrons. The Labute approximate surface area is 123 Å². The highest BCUT2D eigenvalue weighted by molar-refractivity contribution is 9.09. The van der Waals surface area contributed by atoms with Crippen molar-refractivity contribution in [3.05, 3.63) is 17.5 Å². The van der Waals surface area contributed by atoms with E-state index in [0.717, 1.165) is 17.7 Å². The van der Waals surface area contributed by atoms with Gasteiger partial charge in [0, 0.05) is 29.1 Å². The third-order valence-electron chi connectivity index (χ3n) is 3.55. The number of nitrogens with zero attached hydrogens (tertiary/aromatic N) is 2. The molecular formula is C13H21BrN2O2S. The summed E-state index contributed by atoms with van der Waals surface area (Å²) in [5, 5.41) is 4.55. The second kappa shape index (κ2) is 4.88. The number of sulfone groups is 1. The second-order valence-electron chi connectivity index (χ2n) is 6.42. The summed E-state index contributed by atoms with van der Waals surface area (Å²) in [4.78, 5) is 0.0627. The fourth-order valence-corrected chi connectivity index (χ4v) is 5.47. The molecule has 1 aromatic rings. The first-order chi connectivity index (χ1) is 8.60. The third-order valence-corrected chi connectivity index (χ3v) is 6.58. The maximum absolute atomic E-state index is 11.6. The number of halogens is 1. The van der Waals surface area contributed by atoms with Crippen molar-refractivity contribution < 1.29 is 8.42 Å². The Balaban J connectivity index is 2.32. The molecule has 108 valence electrons. The van der Waals surface area contributed by atoms with Crippen molar-refractivity contribution in [2.45, 2.75) is 37.4 Å². The summed E-state index contributed by atoms with van der Waals surface area (Å²) in [6.45, 7) is 6.39. The van der Waals surface area contributed by atoms with Crippen LogP contribution in [-0.2, 0) is 22.3 Å². The number of aromatic nitrogens is 2. The summed E-state index contributed by atoms with van der Waals surface area (Å²) < 4.78 is 25.1. The van der Waals surface area contributed by atoms with Gasteiger partial charge in [0.15, 0.2) is 9.84 Å². The van der Waals surface area contributed by atoms with Crippen LogP contribution in [0.3, 0.4) is 0 Å². The van der Waals surface area contributed by atoms with Gasteiger partial charge in [-0.15, -0.1) is 0 Å². The average Bonchev–Trinajstić information content (AvgIpc) is 2.80. The molecule has 6 heteroatoms. The fraction of sp³-hybridized carbons (Fsp3) is 0.769. The molecule has 2 heterocycles. The molecule has 2 rings (SSSR count). The normalized spacial score (nSPS) is 24.6. The van der Waals surface area contributed by atoms with Crippen molar-refractivity contribution in [2.75, 3.05) is 11.5 Å².